The molecule has 164 valence electrons. The molecule has 0 spiro atoms. The van der Waals surface area contributed by atoms with Crippen molar-refractivity contribution in [3.05, 3.63) is 59.7 Å². The Morgan fingerprint density at radius 3 is 2.87 bits per heavy atom. The molecule has 2 aromatic heterocycles. The van der Waals surface area contributed by atoms with E-state index in [1.54, 1.807) is 35.1 Å². The zero-order valence-corrected chi connectivity index (χ0v) is 18.8. The van der Waals surface area contributed by atoms with Crippen molar-refractivity contribution in [3.8, 4) is 5.88 Å². The number of nitrogens with one attached hydrogen (secondary N) is 2. The lowest BCUT2D eigenvalue weighted by molar-refractivity contribution is 0.0997. The Balaban J connectivity index is 1.62. The molecule has 0 saturated heterocycles. The van der Waals surface area contributed by atoms with Crippen molar-refractivity contribution in [2.24, 2.45) is 5.73 Å². The van der Waals surface area contributed by atoms with Crippen LogP contribution in [0.15, 0.2) is 36.9 Å². The van der Waals surface area contributed by atoms with Gasteiger partial charge in [0.2, 0.25) is 5.88 Å². The second-order valence-corrected chi connectivity index (χ2v) is 8.07. The number of amides is 3. The molecule has 0 saturated carbocycles. The van der Waals surface area contributed by atoms with E-state index in [1.165, 1.54) is 12.1 Å². The van der Waals surface area contributed by atoms with Crippen LogP contribution in [0.4, 0.5) is 18.6 Å². The minimum Gasteiger partial charge on any atom is -0.457 e. The number of hydrogen-bond acceptors (Lipinski definition) is 6. The molecule has 4 N–H and O–H groups in total. The average molecular weight is 562 g/mol. The molecule has 0 aliphatic rings. The molecule has 3 rings (SSSR count). The largest absolute Gasteiger partial charge is 0.457 e. The predicted molar refractivity (Wildman–Crippen MR) is 118 cm³/mol. The number of nitrogens with two attached hydrogens (primary N) is 1. The van der Waals surface area contributed by atoms with E-state index in [1.807, 2.05) is 10.8 Å². The Hall–Kier alpha value is -2.81. The predicted octanol–water partition coefficient (Wildman–Crippen LogP) is 3.44. The van der Waals surface area contributed by atoms with Crippen molar-refractivity contribution < 1.29 is 23.1 Å². The molecule has 1 atom stereocenters. The Bertz CT molecular complexity index is 1060. The van der Waals surface area contributed by atoms with Crippen LogP contribution in [0, 0.1) is 11.6 Å². The molecule has 2 heterocycles. The highest BCUT2D eigenvalue weighted by Crippen LogP contribution is 2.36. The van der Waals surface area contributed by atoms with E-state index < -0.39 is 27.7 Å². The second-order valence-electron chi connectivity index (χ2n) is 6.17. The third-order valence-corrected chi connectivity index (χ3v) is 5.68. The first kappa shape index (κ1) is 22.9. The van der Waals surface area contributed by atoms with Gasteiger partial charge < -0.3 is 20.4 Å². The van der Waals surface area contributed by atoms with Crippen LogP contribution >= 0.6 is 34.1 Å². The third-order valence-electron chi connectivity index (χ3n) is 4.01. The summed E-state index contributed by atoms with van der Waals surface area (Å²) in [7, 11) is 0. The summed E-state index contributed by atoms with van der Waals surface area (Å²) < 4.78 is 37.8. The number of ether oxygens (including phenoxy) is 1. The van der Waals surface area contributed by atoms with Crippen LogP contribution < -0.4 is 21.1 Å². The number of halogens is 3. The maximum Gasteiger partial charge on any atom is 0.319 e. The molecular weight excluding hydrogens is 545 g/mol. The molecule has 3 amide bonds. The number of carbonyl (C=O) groups excluding carboxylic acids is 2. The number of benzene rings is 1. The summed E-state index contributed by atoms with van der Waals surface area (Å²) in [5.41, 5.74) is 5.19. The zero-order valence-electron chi connectivity index (χ0n) is 15.8. The summed E-state index contributed by atoms with van der Waals surface area (Å²) in [4.78, 5) is 28.0. The number of aromatic nitrogens is 3. The molecule has 31 heavy (non-hydrogen) atoms. The lowest BCUT2D eigenvalue weighted by atomic mass is 10.2. The highest BCUT2D eigenvalue weighted by Gasteiger charge is 2.25. The van der Waals surface area contributed by atoms with Gasteiger partial charge >= 0.3 is 6.03 Å². The van der Waals surface area contributed by atoms with Gasteiger partial charge in [0, 0.05) is 31.0 Å². The highest BCUT2D eigenvalue weighted by molar-refractivity contribution is 14.1. The number of hydrogen-bond donors (Lipinski definition) is 3. The molecule has 0 aliphatic heterocycles. The minimum absolute atomic E-state index is 0.0610. The highest BCUT2D eigenvalue weighted by atomic mass is 127. The average Bonchev–Trinajstić information content (AvgIpc) is 3.37. The number of nitrogens with zero attached hydrogens (tertiary/aromatic N) is 3. The summed E-state index contributed by atoms with van der Waals surface area (Å²) in [6, 6.07) is 3.12. The van der Waals surface area contributed by atoms with Crippen LogP contribution in [-0.4, -0.2) is 32.4 Å². The smallest absolute Gasteiger partial charge is 0.319 e. The Morgan fingerprint density at radius 2 is 2.16 bits per heavy atom. The van der Waals surface area contributed by atoms with Crippen LogP contribution in [0.25, 0.3) is 0 Å². The summed E-state index contributed by atoms with van der Waals surface area (Å²) in [5.74, 6) is -3.16. The Morgan fingerprint density at radius 1 is 1.35 bits per heavy atom. The number of carbonyl (C=O) groups is 2. The first-order chi connectivity index (χ1) is 14.9. The molecule has 9 nitrogen and oxygen atoms in total. The standard InChI is InChI=1S/C18H17F2IN6O3S/c19-11-4-1-3-10(13(11)20)14(21)30-16-12(15(22)28)17(31-26-16)25-18(29)24-5-2-7-27-8-6-23-9-27/h1,3-4,6,8-9,14H,2,5,7H2,(H2,22,28)(H2,24,25,29). The first-order valence-corrected chi connectivity index (χ1v) is 10.9. The molecule has 3 aromatic rings. The molecule has 13 heteroatoms. The van der Waals surface area contributed by atoms with Gasteiger partial charge in [0.25, 0.3) is 5.91 Å². The lowest BCUT2D eigenvalue weighted by Gasteiger charge is -2.13. The second kappa shape index (κ2) is 10.5. The third kappa shape index (κ3) is 5.88. The van der Waals surface area contributed by atoms with Gasteiger partial charge in [-0.1, -0.05) is 12.1 Å². The summed E-state index contributed by atoms with van der Waals surface area (Å²) in [6.45, 7) is 1.06. The van der Waals surface area contributed by atoms with Crippen molar-refractivity contribution in [1.82, 2.24) is 19.2 Å². The van der Waals surface area contributed by atoms with Crippen molar-refractivity contribution in [1.29, 1.82) is 0 Å². The van der Waals surface area contributed by atoms with Crippen LogP contribution in [0.1, 0.15) is 26.5 Å². The monoisotopic (exact) mass is 562 g/mol. The number of aryl methyl sites for hydroxylation is 1. The van der Waals surface area contributed by atoms with E-state index in [-0.39, 0.29) is 22.0 Å². The van der Waals surface area contributed by atoms with Crippen LogP contribution in [0.3, 0.4) is 0 Å². The normalized spacial score (nSPS) is 11.7. The van der Waals surface area contributed by atoms with Gasteiger partial charge in [0.05, 0.1) is 6.33 Å². The fourth-order valence-electron chi connectivity index (χ4n) is 2.55. The molecule has 0 fully saturated rings. The van der Waals surface area contributed by atoms with Gasteiger partial charge in [-0.05, 0) is 46.6 Å². The Labute approximate surface area is 193 Å². The molecule has 0 radical (unpaired) electrons. The van der Waals surface area contributed by atoms with Crippen molar-refractivity contribution in [2.45, 2.75) is 17.1 Å². The van der Waals surface area contributed by atoms with Gasteiger partial charge in [-0.3, -0.25) is 10.1 Å². The van der Waals surface area contributed by atoms with E-state index in [0.29, 0.717) is 19.5 Å². The molecule has 0 bridgehead atoms. The van der Waals surface area contributed by atoms with Gasteiger partial charge in [0.1, 0.15) is 10.6 Å². The van der Waals surface area contributed by atoms with Gasteiger partial charge in [-0.25, -0.2) is 18.6 Å². The fourth-order valence-corrected chi connectivity index (χ4v) is 3.99. The van der Waals surface area contributed by atoms with Gasteiger partial charge in [-0.15, -0.1) is 0 Å². The van der Waals surface area contributed by atoms with Gasteiger partial charge in [-0.2, -0.15) is 4.37 Å². The topological polar surface area (TPSA) is 124 Å². The number of anilines is 1. The summed E-state index contributed by atoms with van der Waals surface area (Å²) in [6.07, 6.45) is 5.82. The van der Waals surface area contributed by atoms with E-state index in [4.69, 9.17) is 10.5 Å². The maximum atomic E-state index is 14.0. The number of primary amides is 1. The van der Waals surface area contributed by atoms with Crippen LogP contribution in [-0.2, 0) is 6.54 Å². The lowest BCUT2D eigenvalue weighted by Crippen LogP contribution is -2.30. The maximum absolute atomic E-state index is 14.0. The SMILES string of the molecule is NC(=O)c1c(OC(I)c2cccc(F)c2F)nsc1NC(=O)NCCCn1ccnc1. The fraction of sp³-hybridized carbons (Fsp3) is 0.222. The van der Waals surface area contributed by atoms with Crippen LogP contribution in [0.5, 0.6) is 5.88 Å². The van der Waals surface area contributed by atoms with Gasteiger partial charge in [0.15, 0.2) is 15.7 Å². The quantitative estimate of drug-likeness (QED) is 0.210. The zero-order chi connectivity index (χ0) is 22.4. The molecule has 1 aromatic carbocycles. The van der Waals surface area contributed by atoms with E-state index in [9.17, 15) is 18.4 Å². The molecule has 1 unspecified atom stereocenters. The number of urea groups is 1. The van der Waals surface area contributed by atoms with Crippen LogP contribution in [0.2, 0.25) is 0 Å². The number of imidazole rings is 1. The minimum atomic E-state index is -1.06. The van der Waals surface area contributed by atoms with Crippen molar-refractivity contribution in [3.63, 3.8) is 0 Å². The number of rotatable bonds is 9. The Kier molecular flexibility index (Phi) is 7.73. The van der Waals surface area contributed by atoms with E-state index in [0.717, 1.165) is 17.6 Å². The molecular formula is C18H17F2IN6O3S. The van der Waals surface area contributed by atoms with E-state index >= 15 is 0 Å². The van der Waals surface area contributed by atoms with Crippen molar-refractivity contribution >= 4 is 51.1 Å². The number of alkyl halides is 1. The van der Waals surface area contributed by atoms with Crippen molar-refractivity contribution in [2.75, 3.05) is 11.9 Å². The first-order valence-electron chi connectivity index (χ1n) is 8.91. The summed E-state index contributed by atoms with van der Waals surface area (Å²) >= 11 is 2.52. The van der Waals surface area contributed by atoms with E-state index in [2.05, 4.69) is 20.0 Å². The summed E-state index contributed by atoms with van der Waals surface area (Å²) in [5, 5.41) is 5.25. The molecule has 0 aliphatic carbocycles.